The Morgan fingerprint density at radius 2 is 1.49 bits per heavy atom. The summed E-state index contributed by atoms with van der Waals surface area (Å²) in [5, 5.41) is 7.90. The summed E-state index contributed by atoms with van der Waals surface area (Å²) < 4.78 is 18.1. The summed E-state index contributed by atoms with van der Waals surface area (Å²) in [6.07, 6.45) is 10.7. The van der Waals surface area contributed by atoms with Gasteiger partial charge in [-0.3, -0.25) is 19.3 Å². The van der Waals surface area contributed by atoms with Crippen LogP contribution >= 0.6 is 11.6 Å². The molecule has 1 unspecified atom stereocenters. The molecule has 5 amide bonds. The average Bonchev–Trinajstić information content (AvgIpc) is 4.15. The molecule has 4 aliphatic heterocycles. The lowest BCUT2D eigenvalue weighted by molar-refractivity contribution is -0.133. The summed E-state index contributed by atoms with van der Waals surface area (Å²) in [5.41, 5.74) is 0.770. The van der Waals surface area contributed by atoms with Gasteiger partial charge in [-0.15, -0.1) is 0 Å². The maximum atomic E-state index is 14.8. The van der Waals surface area contributed by atoms with Gasteiger partial charge in [0.1, 0.15) is 41.1 Å². The van der Waals surface area contributed by atoms with Crippen LogP contribution in [0.25, 0.3) is 11.0 Å². The summed E-state index contributed by atoms with van der Waals surface area (Å²) >= 11 is 6.35. The highest BCUT2D eigenvalue weighted by Crippen LogP contribution is 2.34. The standard InChI is InChI=1S/C58H79ClN10O8/c1-56(2,3)76-54(73)64-58(24-33-66(34-25-58)51-47-18-26-60-50(47)61-38-62-51)53(72)63-48(39-12-14-43(59)15-13-39)23-30-65-28-19-45(20-29-65)75-46-21-31-67(32-22-46)52(71)41-10-7-9-40(35-41)42-11-8-27-68(36-42)49(70)37-69(44-16-17-44)55(74)77-57(4,5)6/h7,9-10,12-15,18,26,35,38,42,44-46,48H,8,11,16-17,19-25,27-34,36-37H2,1-6H3,(H,63,72)(H,64,73)(H,60,61,62)/t42?,48-/m0/s1. The summed E-state index contributed by atoms with van der Waals surface area (Å²) in [7, 11) is 0. The van der Waals surface area contributed by atoms with Gasteiger partial charge in [-0.1, -0.05) is 35.9 Å². The molecule has 1 saturated carbocycles. The minimum Gasteiger partial charge on any atom is -0.444 e. The second-order valence-electron chi connectivity index (χ2n) is 23.8. The quantitative estimate of drug-likeness (QED) is 0.103. The smallest absolute Gasteiger partial charge is 0.411 e. The number of H-pyrrole nitrogens is 1. The molecular formula is C58H79ClN10O8. The van der Waals surface area contributed by atoms with Gasteiger partial charge in [0.2, 0.25) is 11.8 Å². The van der Waals surface area contributed by atoms with E-state index in [1.807, 2.05) is 85.3 Å². The lowest BCUT2D eigenvalue weighted by Crippen LogP contribution is -2.64. The van der Waals surface area contributed by atoms with Gasteiger partial charge in [0.05, 0.1) is 23.6 Å². The molecule has 0 radical (unpaired) electrons. The number of halogens is 1. The Morgan fingerprint density at radius 3 is 2.17 bits per heavy atom. The minimum atomic E-state index is -1.23. The van der Waals surface area contributed by atoms with E-state index in [4.69, 9.17) is 25.8 Å². The van der Waals surface area contributed by atoms with Crippen molar-refractivity contribution < 1.29 is 38.2 Å². The summed E-state index contributed by atoms with van der Waals surface area (Å²) in [4.78, 5) is 90.8. The number of amides is 5. The zero-order chi connectivity index (χ0) is 54.5. The number of piperidine rings is 4. The third-order valence-corrected chi connectivity index (χ3v) is 15.9. The molecule has 9 rings (SSSR count). The first-order valence-electron chi connectivity index (χ1n) is 27.9. The van der Waals surface area contributed by atoms with Gasteiger partial charge in [-0.25, -0.2) is 19.6 Å². The van der Waals surface area contributed by atoms with Crippen molar-refractivity contribution in [3.8, 4) is 0 Å². The number of hydrogen-bond donors (Lipinski definition) is 3. The van der Waals surface area contributed by atoms with E-state index in [1.165, 1.54) is 6.33 Å². The van der Waals surface area contributed by atoms with E-state index in [0.29, 0.717) is 69.1 Å². The van der Waals surface area contributed by atoms with E-state index in [1.54, 1.807) is 25.7 Å². The highest BCUT2D eigenvalue weighted by atomic mass is 35.5. The molecule has 19 heteroatoms. The van der Waals surface area contributed by atoms with E-state index in [0.717, 1.165) is 99.0 Å². The molecule has 4 aromatic rings. The molecule has 4 saturated heterocycles. The highest BCUT2D eigenvalue weighted by molar-refractivity contribution is 6.30. The van der Waals surface area contributed by atoms with Crippen LogP contribution < -0.4 is 15.5 Å². The molecule has 2 atom stereocenters. The number of likely N-dealkylation sites (tertiary alicyclic amines) is 3. The third-order valence-electron chi connectivity index (χ3n) is 15.7. The van der Waals surface area contributed by atoms with Crippen LogP contribution in [0.5, 0.6) is 0 Å². The Hall–Kier alpha value is -5.98. The molecule has 3 N–H and O–H groups in total. The SMILES string of the molecule is CC(C)(C)OC(=O)NC1(C(=O)N[C@@H](CCN2CCC(OC3CCN(C(=O)c4cccc(C5CCCN(C(=O)CN(C(=O)OC(C)(C)C)C6CC6)C5)c4)CC3)CC2)c2ccc(Cl)cc2)CCN(c2ncnc3[nH]ccc23)CC1. The molecule has 2 aromatic carbocycles. The molecule has 0 spiro atoms. The van der Waals surface area contributed by atoms with Crippen molar-refractivity contribution in [1.82, 2.24) is 45.2 Å². The van der Waals surface area contributed by atoms with Gasteiger partial charge in [-0.05, 0) is 154 Å². The first kappa shape index (κ1) is 55.8. The fourth-order valence-corrected chi connectivity index (χ4v) is 11.5. The Labute approximate surface area is 458 Å². The van der Waals surface area contributed by atoms with Crippen LogP contribution in [0.1, 0.15) is 146 Å². The van der Waals surface area contributed by atoms with E-state index < -0.39 is 28.9 Å². The van der Waals surface area contributed by atoms with Crippen LogP contribution in [0.15, 0.2) is 67.1 Å². The lowest BCUT2D eigenvalue weighted by atomic mass is 9.85. The van der Waals surface area contributed by atoms with Crippen molar-refractivity contribution in [3.05, 3.63) is 88.8 Å². The normalized spacial score (nSPS) is 20.4. The van der Waals surface area contributed by atoms with Gasteiger partial charge in [0.25, 0.3) is 5.91 Å². The minimum absolute atomic E-state index is 0.0183. The van der Waals surface area contributed by atoms with Crippen LogP contribution in [0.4, 0.5) is 15.4 Å². The number of aromatic amines is 1. The van der Waals surface area contributed by atoms with Gasteiger partial charge in [-0.2, -0.15) is 0 Å². The lowest BCUT2D eigenvalue weighted by Gasteiger charge is -2.42. The van der Waals surface area contributed by atoms with Crippen molar-refractivity contribution in [2.24, 2.45) is 0 Å². The number of alkyl carbamates (subject to hydrolysis) is 1. The van der Waals surface area contributed by atoms with Gasteiger partial charge in [0, 0.05) is 87.6 Å². The molecule has 6 heterocycles. The molecule has 416 valence electrons. The van der Waals surface area contributed by atoms with E-state index in [9.17, 15) is 24.0 Å². The number of carbonyl (C=O) groups excluding carboxylic acids is 5. The zero-order valence-corrected chi connectivity index (χ0v) is 46.6. The van der Waals surface area contributed by atoms with E-state index in [2.05, 4.69) is 41.5 Å². The number of fused-ring (bicyclic) bond motifs is 1. The Balaban J connectivity index is 0.747. The number of nitrogens with zero attached hydrogens (tertiary/aromatic N) is 7. The summed E-state index contributed by atoms with van der Waals surface area (Å²) in [5.74, 6) is 0.572. The molecule has 2 aromatic heterocycles. The molecule has 0 bridgehead atoms. The Bertz CT molecular complexity index is 2700. The van der Waals surface area contributed by atoms with Gasteiger partial charge in [0.15, 0.2) is 0 Å². The van der Waals surface area contributed by atoms with Crippen molar-refractivity contribution in [3.63, 3.8) is 0 Å². The number of hydrogen-bond acceptors (Lipinski definition) is 12. The fraction of sp³-hybridized carbons (Fsp3) is 0.603. The number of aromatic nitrogens is 3. The van der Waals surface area contributed by atoms with Crippen LogP contribution in [0, 0.1) is 0 Å². The number of carbonyl (C=O) groups is 5. The highest BCUT2D eigenvalue weighted by Gasteiger charge is 2.45. The van der Waals surface area contributed by atoms with Crippen molar-refractivity contribution >= 4 is 58.4 Å². The second-order valence-corrected chi connectivity index (χ2v) is 24.2. The zero-order valence-electron chi connectivity index (χ0n) is 45.9. The average molecular weight is 1080 g/mol. The van der Waals surface area contributed by atoms with Crippen LogP contribution in [0.3, 0.4) is 0 Å². The van der Waals surface area contributed by atoms with Gasteiger partial charge >= 0.3 is 12.2 Å². The van der Waals surface area contributed by atoms with E-state index in [-0.39, 0.29) is 54.5 Å². The topological polar surface area (TPSA) is 195 Å². The van der Waals surface area contributed by atoms with Crippen molar-refractivity contribution in [2.45, 2.75) is 159 Å². The summed E-state index contributed by atoms with van der Waals surface area (Å²) in [6.45, 7) is 16.8. The first-order chi connectivity index (χ1) is 36.8. The van der Waals surface area contributed by atoms with Crippen LogP contribution in [-0.4, -0.2) is 165 Å². The van der Waals surface area contributed by atoms with Crippen molar-refractivity contribution in [2.75, 3.05) is 70.3 Å². The predicted octanol–water partition coefficient (Wildman–Crippen LogP) is 8.61. The molecule has 77 heavy (non-hydrogen) atoms. The molecule has 5 aliphatic rings. The summed E-state index contributed by atoms with van der Waals surface area (Å²) in [6, 6.07) is 17.1. The molecule has 18 nitrogen and oxygen atoms in total. The number of benzene rings is 2. The van der Waals surface area contributed by atoms with E-state index >= 15 is 0 Å². The largest absolute Gasteiger partial charge is 0.444 e. The Morgan fingerprint density at radius 1 is 0.805 bits per heavy atom. The monoisotopic (exact) mass is 1080 g/mol. The predicted molar refractivity (Wildman–Crippen MR) is 295 cm³/mol. The Kier molecular flexibility index (Phi) is 17.3. The molecule has 1 aliphatic carbocycles. The molecule has 5 fully saturated rings. The van der Waals surface area contributed by atoms with Crippen LogP contribution in [0.2, 0.25) is 5.02 Å². The number of anilines is 1. The second kappa shape index (κ2) is 23.9. The maximum Gasteiger partial charge on any atom is 0.411 e. The maximum absolute atomic E-state index is 14.8. The van der Waals surface area contributed by atoms with Gasteiger partial charge < -0.3 is 49.4 Å². The first-order valence-corrected chi connectivity index (χ1v) is 28.3. The van der Waals surface area contributed by atoms with Crippen LogP contribution in [-0.2, 0) is 23.8 Å². The number of nitrogens with one attached hydrogen (secondary N) is 3. The molecular weight excluding hydrogens is 1000 g/mol. The third kappa shape index (κ3) is 14.6. The fourth-order valence-electron chi connectivity index (χ4n) is 11.4. The number of rotatable bonds is 15. The number of ether oxygens (including phenoxy) is 3. The van der Waals surface area contributed by atoms with Crippen molar-refractivity contribution in [1.29, 1.82) is 0 Å².